The fourth-order valence-electron chi connectivity index (χ4n) is 12.3. The number of benzene rings is 14. The third kappa shape index (κ3) is 7.04. The number of hydrogen-bond acceptors (Lipinski definition) is 3. The van der Waals surface area contributed by atoms with Gasteiger partial charge in [-0.05, 0) is 134 Å². The van der Waals surface area contributed by atoms with Crippen LogP contribution in [0.5, 0.6) is 0 Å². The normalized spacial score (nSPS) is 12.9. The van der Waals surface area contributed by atoms with Crippen LogP contribution in [0.2, 0.25) is 0 Å². The van der Waals surface area contributed by atoms with E-state index in [4.69, 9.17) is 8.39 Å². The Morgan fingerprint density at radius 1 is 0.324 bits per heavy atom. The first-order chi connectivity index (χ1) is 36.6. The maximum absolute atomic E-state index is 8.06. The first kappa shape index (κ1) is 45.2. The Bertz CT molecular complexity index is 4360. The molecule has 0 radical (unpaired) electrons. The predicted molar refractivity (Wildman–Crippen MR) is 313 cm³/mol. The molecule has 0 saturated carbocycles. The van der Waals surface area contributed by atoms with Crippen LogP contribution in [-0.2, 0) is 20.0 Å². The van der Waals surface area contributed by atoms with Gasteiger partial charge in [-0.25, -0.2) is 0 Å². The van der Waals surface area contributed by atoms with Crippen LogP contribution in [0.4, 0.5) is 0 Å². The van der Waals surface area contributed by atoms with E-state index in [9.17, 15) is 0 Å². The molecule has 358 valence electrons. The van der Waals surface area contributed by atoms with Crippen LogP contribution >= 0.6 is 17.4 Å². The van der Waals surface area contributed by atoms with Crippen LogP contribution in [0.25, 0.3) is 130 Å². The molecular formula is C68H46AuClNO2P. The average Bonchev–Trinajstić information content (AvgIpc) is 3.69. The first-order valence-electron chi connectivity index (χ1n) is 25.2. The molecule has 0 fully saturated rings. The van der Waals surface area contributed by atoms with E-state index in [1.165, 1.54) is 75.8 Å². The molecule has 3 nitrogen and oxygen atoms in total. The second-order valence-electron chi connectivity index (χ2n) is 19.6. The predicted octanol–water partition coefficient (Wildman–Crippen LogP) is 20.9. The molecule has 1 aromatic heterocycles. The minimum atomic E-state index is -1.92. The zero-order valence-corrected chi connectivity index (χ0v) is 44.3. The van der Waals surface area contributed by atoms with Crippen molar-refractivity contribution in [2.24, 2.45) is 0 Å². The van der Waals surface area contributed by atoms with Crippen LogP contribution in [0.15, 0.2) is 239 Å². The van der Waals surface area contributed by atoms with Crippen LogP contribution < -0.4 is 4.67 Å². The molecule has 15 aromatic rings. The molecule has 1 heterocycles. The second-order valence-corrected chi connectivity index (χ2v) is 20.9. The van der Waals surface area contributed by atoms with Crippen molar-refractivity contribution in [1.29, 1.82) is 0 Å². The second kappa shape index (κ2) is 18.2. The van der Waals surface area contributed by atoms with Crippen molar-refractivity contribution < 1.29 is 28.4 Å². The first-order valence-corrected chi connectivity index (χ1v) is 29.0. The van der Waals surface area contributed by atoms with Gasteiger partial charge in [0.15, 0.2) is 11.2 Å². The van der Waals surface area contributed by atoms with E-state index in [1.807, 2.05) is 0 Å². The van der Waals surface area contributed by atoms with Crippen molar-refractivity contribution in [3.63, 3.8) is 0 Å². The molecule has 0 N–H and O–H groups in total. The summed E-state index contributed by atoms with van der Waals surface area (Å²) in [7, 11) is 2.67. The van der Waals surface area contributed by atoms with Gasteiger partial charge in [0, 0.05) is 34.0 Å². The van der Waals surface area contributed by atoms with Crippen molar-refractivity contribution >= 4 is 125 Å². The van der Waals surface area contributed by atoms with Gasteiger partial charge in [0.25, 0.3) is 0 Å². The Labute approximate surface area is 445 Å². The summed E-state index contributed by atoms with van der Waals surface area (Å²) in [6.07, 6.45) is 0. The number of halogens is 1. The number of rotatable bonds is 7. The van der Waals surface area contributed by atoms with Gasteiger partial charge in [-0.15, -0.1) is 0 Å². The Morgan fingerprint density at radius 3 is 1.08 bits per heavy atom. The van der Waals surface area contributed by atoms with Gasteiger partial charge in [-0.2, -0.15) is 4.67 Å². The fraction of sp³-hybridized carbons (Fsp3) is 0.0588. The molecule has 14 aromatic carbocycles. The van der Waals surface area contributed by atoms with Crippen LogP contribution in [0.1, 0.15) is 37.1 Å². The molecule has 6 heteroatoms. The Hall–Kier alpha value is -7.43. The summed E-state index contributed by atoms with van der Waals surface area (Å²) in [5, 5.41) is 21.6. The Kier molecular flexibility index (Phi) is 11.1. The Balaban J connectivity index is 0.00000249. The van der Waals surface area contributed by atoms with Crippen molar-refractivity contribution in [3.05, 3.63) is 242 Å². The maximum atomic E-state index is 8.06. The van der Waals surface area contributed by atoms with Crippen LogP contribution in [-0.4, -0.2) is 0 Å². The molecule has 0 saturated heterocycles. The molecular weight excluding hydrogens is 1130 g/mol. The standard InChI is InChI=1S/C68H46NO2P.Au.ClH/c1-41(43-15-5-3-6-16-43)69(42(2)44-17-7-4-8-18-44)72-70-67-59(55-35-31-49-29-27-45-21-13-23-47-33-37-57(55)63(49)61(45)47)39-51-19-9-11-25-53(51)65(67)66-54-26-12-10-20-52(54)40-60(68(66)71-72)56-36-32-50-30-28-46-22-14-24-48-34-38-58(56)64(50)62(46)48;;/h3-42H,1-2H3;;1H/q;+1;/p-1/t41-,42-;;/m0../s1. The van der Waals surface area contributed by atoms with Crippen LogP contribution in [0.3, 0.4) is 0 Å². The van der Waals surface area contributed by atoms with E-state index < -0.39 is 8.16 Å². The molecule has 0 aliphatic carbocycles. The molecule has 15 rings (SSSR count). The summed E-state index contributed by atoms with van der Waals surface area (Å²) in [4.78, 5) is 0. The summed E-state index contributed by atoms with van der Waals surface area (Å²) in [5.74, 6) is 0. The molecule has 0 amide bonds. The third-order valence-corrected chi connectivity index (χ3v) is 17.5. The number of nitrogens with zero attached hydrogens (tertiary/aromatic N) is 1. The van der Waals surface area contributed by atoms with Gasteiger partial charge in [-0.1, -0.05) is 218 Å². The molecule has 0 unspecified atom stereocenters. The summed E-state index contributed by atoms with van der Waals surface area (Å²) in [6, 6.07) is 84.8. The minimum absolute atomic E-state index is 0.102. The summed E-state index contributed by atoms with van der Waals surface area (Å²) in [6.45, 7) is 4.61. The fourth-order valence-corrected chi connectivity index (χ4v) is 14.1. The van der Waals surface area contributed by atoms with Gasteiger partial charge < -0.3 is 8.39 Å². The monoisotopic (exact) mass is 1170 g/mol. The SMILES string of the molecule is C[C@@H](c1ccccc1)N([C@@H](C)c1ccccc1)p1oc2c(-c3ccc4ccc5cccc6ccc3c4c56)cc3ccccc3c2c2c(o1)c(-c1ccc3ccc4cccc5ccc1c3c45)cc1ccccc12.[Cl][Au]. The van der Waals surface area contributed by atoms with E-state index >= 15 is 0 Å². The van der Waals surface area contributed by atoms with Gasteiger partial charge >= 0.3 is 37.3 Å². The topological polar surface area (TPSA) is 29.5 Å². The molecule has 0 aliphatic rings. The third-order valence-electron chi connectivity index (χ3n) is 15.8. The van der Waals surface area contributed by atoms with E-state index in [0.29, 0.717) is 0 Å². The van der Waals surface area contributed by atoms with Crippen molar-refractivity contribution in [2.75, 3.05) is 4.67 Å². The number of fused-ring (bicyclic) bond motifs is 7. The van der Waals surface area contributed by atoms with Crippen molar-refractivity contribution in [1.82, 2.24) is 0 Å². The van der Waals surface area contributed by atoms with E-state index in [-0.39, 0.29) is 12.1 Å². The molecule has 0 bridgehead atoms. The van der Waals surface area contributed by atoms with E-state index in [2.05, 4.69) is 258 Å². The summed E-state index contributed by atoms with van der Waals surface area (Å²) >= 11 is 1.75. The molecule has 0 spiro atoms. The van der Waals surface area contributed by atoms with Crippen LogP contribution in [0, 0.1) is 0 Å². The molecule has 0 aliphatic heterocycles. The van der Waals surface area contributed by atoms with Gasteiger partial charge in [0.05, 0.1) is 0 Å². The average molecular weight is 1170 g/mol. The van der Waals surface area contributed by atoms with Gasteiger partial charge in [0.2, 0.25) is 0 Å². The van der Waals surface area contributed by atoms with E-state index in [0.717, 1.165) is 65.7 Å². The van der Waals surface area contributed by atoms with E-state index in [1.54, 1.807) is 20.0 Å². The number of hydrogen-bond donors (Lipinski definition) is 0. The Morgan fingerprint density at radius 2 is 0.662 bits per heavy atom. The summed E-state index contributed by atoms with van der Waals surface area (Å²) < 4.78 is 18.6. The quantitative estimate of drug-likeness (QED) is 0.118. The van der Waals surface area contributed by atoms with Crippen molar-refractivity contribution in [3.8, 4) is 22.3 Å². The van der Waals surface area contributed by atoms with Crippen molar-refractivity contribution in [2.45, 2.75) is 25.9 Å². The summed E-state index contributed by atoms with van der Waals surface area (Å²) in [5.41, 5.74) is 8.39. The zero-order valence-electron chi connectivity index (χ0n) is 40.5. The molecule has 2 atom stereocenters. The van der Waals surface area contributed by atoms with Gasteiger partial charge in [-0.3, -0.25) is 0 Å². The zero-order chi connectivity index (χ0) is 49.6. The molecule has 74 heavy (non-hydrogen) atoms. The van der Waals surface area contributed by atoms with Gasteiger partial charge in [0.1, 0.15) is 0 Å².